The summed E-state index contributed by atoms with van der Waals surface area (Å²) in [5.41, 5.74) is 10.9. The van der Waals surface area contributed by atoms with Gasteiger partial charge in [0.1, 0.15) is 16.2 Å². The summed E-state index contributed by atoms with van der Waals surface area (Å²) in [6.07, 6.45) is 1.58. The Hall–Kier alpha value is -1.69. The lowest BCUT2D eigenvalue weighted by atomic mass is 10.0. The SMILES string of the molecule is CC(C)(Nc1cccnc1C(N)=S)C(N)=O. The zero-order valence-corrected chi connectivity index (χ0v) is 9.97. The number of rotatable bonds is 4. The summed E-state index contributed by atoms with van der Waals surface area (Å²) < 4.78 is 0. The van der Waals surface area contributed by atoms with Gasteiger partial charge in [-0.1, -0.05) is 12.2 Å². The number of carbonyl (C=O) groups is 1. The van der Waals surface area contributed by atoms with Crippen LogP contribution in [-0.4, -0.2) is 21.4 Å². The van der Waals surface area contributed by atoms with Crippen LogP contribution in [0.4, 0.5) is 5.69 Å². The average Bonchev–Trinajstić information content (AvgIpc) is 2.17. The Morgan fingerprint density at radius 1 is 1.50 bits per heavy atom. The Balaban J connectivity index is 3.06. The first kappa shape index (κ1) is 12.4. The Morgan fingerprint density at radius 3 is 2.62 bits per heavy atom. The molecule has 5 nitrogen and oxygen atoms in total. The zero-order valence-electron chi connectivity index (χ0n) is 9.15. The standard InChI is InChI=1S/C10H14N4OS/c1-10(2,9(12)15)14-6-4-3-5-13-7(6)8(11)16/h3-5,14H,1-2H3,(H2,11,16)(H2,12,15). The minimum atomic E-state index is -0.886. The monoisotopic (exact) mass is 238 g/mol. The minimum absolute atomic E-state index is 0.170. The predicted molar refractivity (Wildman–Crippen MR) is 67.0 cm³/mol. The van der Waals surface area contributed by atoms with Crippen LogP contribution in [0.2, 0.25) is 0 Å². The van der Waals surface area contributed by atoms with Crippen molar-refractivity contribution in [2.24, 2.45) is 11.5 Å². The number of pyridine rings is 1. The maximum absolute atomic E-state index is 11.2. The molecule has 0 saturated carbocycles. The molecule has 0 saturated heterocycles. The molecule has 1 aromatic heterocycles. The topological polar surface area (TPSA) is 94.0 Å². The normalized spacial score (nSPS) is 10.9. The van der Waals surface area contributed by atoms with Crippen LogP contribution in [0.15, 0.2) is 18.3 Å². The molecule has 6 heteroatoms. The molecule has 0 bridgehead atoms. The van der Waals surface area contributed by atoms with E-state index < -0.39 is 11.4 Å². The van der Waals surface area contributed by atoms with Crippen molar-refractivity contribution in [3.05, 3.63) is 24.0 Å². The number of nitrogens with two attached hydrogens (primary N) is 2. The molecule has 1 rings (SSSR count). The van der Waals surface area contributed by atoms with Crippen LogP contribution in [0, 0.1) is 0 Å². The molecule has 0 aromatic carbocycles. The van der Waals surface area contributed by atoms with Gasteiger partial charge in [-0.3, -0.25) is 9.78 Å². The summed E-state index contributed by atoms with van der Waals surface area (Å²) in [5.74, 6) is -0.467. The number of nitrogens with zero attached hydrogens (tertiary/aromatic N) is 1. The van der Waals surface area contributed by atoms with Gasteiger partial charge in [-0.05, 0) is 26.0 Å². The van der Waals surface area contributed by atoms with E-state index >= 15 is 0 Å². The van der Waals surface area contributed by atoms with Crippen LogP contribution >= 0.6 is 12.2 Å². The molecule has 16 heavy (non-hydrogen) atoms. The Bertz CT molecular complexity index is 431. The van der Waals surface area contributed by atoms with E-state index in [9.17, 15) is 4.79 Å². The van der Waals surface area contributed by atoms with E-state index in [1.54, 1.807) is 32.2 Å². The van der Waals surface area contributed by atoms with E-state index in [0.29, 0.717) is 11.4 Å². The molecule has 0 aliphatic rings. The average molecular weight is 238 g/mol. The fraction of sp³-hybridized carbons (Fsp3) is 0.300. The van der Waals surface area contributed by atoms with Gasteiger partial charge in [0.05, 0.1) is 5.69 Å². The van der Waals surface area contributed by atoms with Gasteiger partial charge in [0.15, 0.2) is 0 Å². The number of anilines is 1. The molecule has 1 amide bonds. The van der Waals surface area contributed by atoms with E-state index in [4.69, 9.17) is 23.7 Å². The molecule has 0 spiro atoms. The van der Waals surface area contributed by atoms with E-state index in [0.717, 1.165) is 0 Å². The zero-order chi connectivity index (χ0) is 12.3. The lowest BCUT2D eigenvalue weighted by Crippen LogP contribution is -2.45. The van der Waals surface area contributed by atoms with Gasteiger partial charge in [-0.25, -0.2) is 0 Å². The summed E-state index contributed by atoms with van der Waals surface area (Å²) in [5, 5.41) is 2.96. The van der Waals surface area contributed by atoms with Crippen LogP contribution in [0.1, 0.15) is 19.5 Å². The van der Waals surface area contributed by atoms with Gasteiger partial charge in [0.25, 0.3) is 0 Å². The van der Waals surface area contributed by atoms with Crippen molar-refractivity contribution in [1.82, 2.24) is 4.98 Å². The molecule has 86 valence electrons. The third-order valence-electron chi connectivity index (χ3n) is 2.10. The van der Waals surface area contributed by atoms with Crippen molar-refractivity contribution in [2.75, 3.05) is 5.32 Å². The number of hydrogen-bond donors (Lipinski definition) is 3. The number of thiocarbonyl (C=S) groups is 1. The summed E-state index contributed by atoms with van der Waals surface area (Å²) >= 11 is 4.86. The number of primary amides is 1. The highest BCUT2D eigenvalue weighted by Gasteiger charge is 2.25. The quantitative estimate of drug-likeness (QED) is 0.660. The summed E-state index contributed by atoms with van der Waals surface area (Å²) in [6.45, 7) is 3.34. The molecule has 0 aliphatic heterocycles. The molecule has 0 unspecified atom stereocenters. The third kappa shape index (κ3) is 2.66. The fourth-order valence-corrected chi connectivity index (χ4v) is 1.26. The molecule has 0 aliphatic carbocycles. The fourth-order valence-electron chi connectivity index (χ4n) is 1.10. The predicted octanol–water partition coefficient (Wildman–Crippen LogP) is 0.392. The second-order valence-corrected chi connectivity index (χ2v) is 4.32. The number of hydrogen-bond acceptors (Lipinski definition) is 4. The number of carbonyl (C=O) groups excluding carboxylic acids is 1. The van der Waals surface area contributed by atoms with E-state index in [-0.39, 0.29) is 4.99 Å². The molecule has 1 aromatic rings. The maximum atomic E-state index is 11.2. The Morgan fingerprint density at radius 2 is 2.12 bits per heavy atom. The second kappa shape index (κ2) is 4.44. The van der Waals surface area contributed by atoms with Crippen molar-refractivity contribution < 1.29 is 4.79 Å². The maximum Gasteiger partial charge on any atom is 0.242 e. The highest BCUT2D eigenvalue weighted by Crippen LogP contribution is 2.17. The Labute approximate surface area is 99.2 Å². The van der Waals surface area contributed by atoms with Gasteiger partial charge in [-0.2, -0.15) is 0 Å². The first-order chi connectivity index (χ1) is 7.34. The van der Waals surface area contributed by atoms with Gasteiger partial charge in [0.2, 0.25) is 5.91 Å². The van der Waals surface area contributed by atoms with Crippen molar-refractivity contribution in [1.29, 1.82) is 0 Å². The van der Waals surface area contributed by atoms with Crippen molar-refractivity contribution in [2.45, 2.75) is 19.4 Å². The summed E-state index contributed by atoms with van der Waals surface area (Å²) in [4.78, 5) is 15.4. The lowest BCUT2D eigenvalue weighted by molar-refractivity contribution is -0.121. The first-order valence-corrected chi connectivity index (χ1v) is 5.08. The van der Waals surface area contributed by atoms with Gasteiger partial charge >= 0.3 is 0 Å². The number of nitrogens with one attached hydrogen (secondary N) is 1. The van der Waals surface area contributed by atoms with Crippen molar-refractivity contribution in [3.63, 3.8) is 0 Å². The smallest absolute Gasteiger partial charge is 0.242 e. The van der Waals surface area contributed by atoms with Crippen molar-refractivity contribution >= 4 is 28.8 Å². The third-order valence-corrected chi connectivity index (χ3v) is 2.30. The van der Waals surface area contributed by atoms with E-state index in [1.807, 2.05) is 0 Å². The summed E-state index contributed by atoms with van der Waals surface area (Å²) in [6, 6.07) is 3.47. The van der Waals surface area contributed by atoms with Gasteiger partial charge < -0.3 is 16.8 Å². The second-order valence-electron chi connectivity index (χ2n) is 3.88. The molecule has 1 heterocycles. The van der Waals surface area contributed by atoms with Crippen LogP contribution in [0.5, 0.6) is 0 Å². The minimum Gasteiger partial charge on any atom is -0.388 e. The lowest BCUT2D eigenvalue weighted by Gasteiger charge is -2.24. The molecule has 5 N–H and O–H groups in total. The van der Waals surface area contributed by atoms with Gasteiger partial charge in [-0.15, -0.1) is 0 Å². The van der Waals surface area contributed by atoms with Crippen LogP contribution < -0.4 is 16.8 Å². The molecule has 0 fully saturated rings. The van der Waals surface area contributed by atoms with E-state index in [1.165, 1.54) is 0 Å². The van der Waals surface area contributed by atoms with Crippen molar-refractivity contribution in [3.8, 4) is 0 Å². The van der Waals surface area contributed by atoms with Crippen LogP contribution in [0.3, 0.4) is 0 Å². The van der Waals surface area contributed by atoms with Crippen LogP contribution in [-0.2, 0) is 4.79 Å². The number of amides is 1. The Kier molecular flexibility index (Phi) is 3.44. The molecular formula is C10H14N4OS. The molecular weight excluding hydrogens is 224 g/mol. The largest absolute Gasteiger partial charge is 0.388 e. The molecule has 0 atom stereocenters. The summed E-state index contributed by atoms with van der Waals surface area (Å²) in [7, 11) is 0. The van der Waals surface area contributed by atoms with E-state index in [2.05, 4.69) is 10.3 Å². The van der Waals surface area contributed by atoms with Crippen LogP contribution in [0.25, 0.3) is 0 Å². The number of aromatic nitrogens is 1. The van der Waals surface area contributed by atoms with Gasteiger partial charge in [0, 0.05) is 6.20 Å². The highest BCUT2D eigenvalue weighted by molar-refractivity contribution is 7.80. The molecule has 0 radical (unpaired) electrons. The first-order valence-electron chi connectivity index (χ1n) is 4.67. The highest BCUT2D eigenvalue weighted by atomic mass is 32.1.